The van der Waals surface area contributed by atoms with Crippen molar-refractivity contribution in [1.82, 2.24) is 5.32 Å². The van der Waals surface area contributed by atoms with Crippen molar-refractivity contribution in [3.05, 3.63) is 91.9 Å². The number of nitrogens with one attached hydrogen (secondary N) is 2. The number of ether oxygens (including phenoxy) is 1. The number of aryl methyl sites for hydroxylation is 1. The van der Waals surface area contributed by atoms with E-state index in [0.717, 1.165) is 10.5 Å². The van der Waals surface area contributed by atoms with Crippen LogP contribution in [0.4, 0.5) is 16.2 Å². The molecule has 2 N–H and O–H groups in total. The Morgan fingerprint density at radius 1 is 1.08 bits per heavy atom. The first-order chi connectivity index (χ1) is 17.6. The predicted octanol–water partition coefficient (Wildman–Crippen LogP) is 5.75. The van der Waals surface area contributed by atoms with Crippen molar-refractivity contribution in [3.63, 3.8) is 0 Å². The van der Waals surface area contributed by atoms with E-state index in [2.05, 4.69) is 26.6 Å². The van der Waals surface area contributed by atoms with Crippen LogP contribution in [-0.2, 0) is 14.4 Å². The van der Waals surface area contributed by atoms with Gasteiger partial charge in [-0.2, -0.15) is 0 Å². The normalized spacial score (nSPS) is 14.5. The molecule has 1 heterocycles. The molecule has 0 unspecified atom stereocenters. The van der Waals surface area contributed by atoms with Gasteiger partial charge in [-0.3, -0.25) is 19.7 Å². The fraction of sp³-hybridized carbons (Fsp3) is 0.0769. The highest BCUT2D eigenvalue weighted by molar-refractivity contribution is 9.10. The van der Waals surface area contributed by atoms with Crippen LogP contribution in [0.15, 0.2) is 70.7 Å². The summed E-state index contributed by atoms with van der Waals surface area (Å²) in [6, 6.07) is 15.3. The van der Waals surface area contributed by atoms with Crippen LogP contribution in [0, 0.1) is 6.92 Å². The molecule has 0 spiro atoms. The van der Waals surface area contributed by atoms with Crippen LogP contribution in [0.3, 0.4) is 0 Å². The first-order valence-corrected chi connectivity index (χ1v) is 12.3. The zero-order valence-corrected chi connectivity index (χ0v) is 22.3. The molecular weight excluding hydrogens is 585 g/mol. The fourth-order valence-electron chi connectivity index (χ4n) is 3.41. The largest absolute Gasteiger partial charge is 0.483 e. The van der Waals surface area contributed by atoms with Gasteiger partial charge in [0, 0.05) is 15.7 Å². The molecule has 0 bridgehead atoms. The summed E-state index contributed by atoms with van der Waals surface area (Å²) in [7, 11) is 0. The average molecular weight is 603 g/mol. The van der Waals surface area contributed by atoms with Gasteiger partial charge in [0.2, 0.25) is 0 Å². The van der Waals surface area contributed by atoms with Gasteiger partial charge in [0.05, 0.1) is 10.2 Å². The molecule has 4 rings (SSSR count). The Labute approximate surface area is 230 Å². The molecule has 37 heavy (non-hydrogen) atoms. The molecule has 1 saturated heterocycles. The maximum absolute atomic E-state index is 13.0. The van der Waals surface area contributed by atoms with Gasteiger partial charge in [0.1, 0.15) is 11.3 Å². The molecule has 188 valence electrons. The Hall–Kier alpha value is -3.66. The number of carbonyl (C=O) groups is 4. The van der Waals surface area contributed by atoms with Crippen molar-refractivity contribution in [3.8, 4) is 5.75 Å². The van der Waals surface area contributed by atoms with Gasteiger partial charge < -0.3 is 10.1 Å². The van der Waals surface area contributed by atoms with Crippen molar-refractivity contribution < 1.29 is 23.9 Å². The van der Waals surface area contributed by atoms with Crippen molar-refractivity contribution in [1.29, 1.82) is 0 Å². The lowest BCUT2D eigenvalue weighted by molar-refractivity contribution is -0.122. The molecule has 3 aromatic carbocycles. The number of urea groups is 1. The molecule has 0 atom stereocenters. The Balaban J connectivity index is 1.47. The third-order valence-corrected chi connectivity index (χ3v) is 6.51. The Morgan fingerprint density at radius 3 is 2.57 bits per heavy atom. The quantitative estimate of drug-likeness (QED) is 0.276. The van der Waals surface area contributed by atoms with E-state index in [1.54, 1.807) is 48.5 Å². The second-order valence-corrected chi connectivity index (χ2v) is 9.63. The van der Waals surface area contributed by atoms with Crippen LogP contribution in [-0.4, -0.2) is 30.4 Å². The minimum Gasteiger partial charge on any atom is -0.483 e. The maximum Gasteiger partial charge on any atom is 0.335 e. The van der Waals surface area contributed by atoms with Crippen LogP contribution >= 0.6 is 39.1 Å². The van der Waals surface area contributed by atoms with Gasteiger partial charge >= 0.3 is 6.03 Å². The second kappa shape index (κ2) is 11.2. The van der Waals surface area contributed by atoms with Crippen molar-refractivity contribution in [2.45, 2.75) is 6.92 Å². The first-order valence-electron chi connectivity index (χ1n) is 10.8. The van der Waals surface area contributed by atoms with E-state index in [9.17, 15) is 19.2 Å². The summed E-state index contributed by atoms with van der Waals surface area (Å²) in [6.45, 7) is 1.60. The number of halogens is 3. The van der Waals surface area contributed by atoms with E-state index in [1.807, 2.05) is 6.92 Å². The number of benzene rings is 3. The Bertz CT molecular complexity index is 1470. The van der Waals surface area contributed by atoms with Crippen LogP contribution in [0.25, 0.3) is 6.08 Å². The predicted molar refractivity (Wildman–Crippen MR) is 145 cm³/mol. The molecule has 0 aliphatic carbocycles. The maximum atomic E-state index is 13.0. The molecule has 3 aromatic rings. The number of imide groups is 2. The zero-order chi connectivity index (χ0) is 26.7. The summed E-state index contributed by atoms with van der Waals surface area (Å²) >= 11 is 15.4. The lowest BCUT2D eigenvalue weighted by atomic mass is 10.1. The standard InChI is InChI=1S/C26H18BrCl2N3O5/c1-14-5-7-17(12-21(14)29)30-23(33)13-37-22-8-6-15(10-20(22)27)9-19-24(34)31-26(36)32(25(19)35)18-4-2-3-16(28)11-18/h2-12H,13H2,1H3,(H,30,33)(H,31,34,36)/b19-9+. The van der Waals surface area contributed by atoms with Gasteiger partial charge in [0.25, 0.3) is 17.7 Å². The van der Waals surface area contributed by atoms with E-state index in [-0.39, 0.29) is 23.8 Å². The fourth-order valence-corrected chi connectivity index (χ4v) is 4.28. The average Bonchev–Trinajstić information content (AvgIpc) is 2.83. The summed E-state index contributed by atoms with van der Waals surface area (Å²) in [5, 5.41) is 5.73. The topological polar surface area (TPSA) is 105 Å². The minimum absolute atomic E-state index is 0.226. The van der Waals surface area contributed by atoms with Gasteiger partial charge in [-0.25, -0.2) is 9.69 Å². The summed E-state index contributed by atoms with van der Waals surface area (Å²) in [5.41, 5.74) is 1.91. The molecule has 0 radical (unpaired) electrons. The minimum atomic E-state index is -0.870. The highest BCUT2D eigenvalue weighted by atomic mass is 79.9. The number of amides is 5. The van der Waals surface area contributed by atoms with Gasteiger partial charge in [-0.15, -0.1) is 0 Å². The van der Waals surface area contributed by atoms with Gasteiger partial charge in [-0.1, -0.05) is 41.4 Å². The van der Waals surface area contributed by atoms with Crippen molar-refractivity contribution in [2.75, 3.05) is 16.8 Å². The van der Waals surface area contributed by atoms with Crippen LogP contribution in [0.5, 0.6) is 5.75 Å². The Morgan fingerprint density at radius 2 is 1.86 bits per heavy atom. The number of carbonyl (C=O) groups excluding carboxylic acids is 4. The third kappa shape index (κ3) is 6.19. The van der Waals surface area contributed by atoms with E-state index in [0.29, 0.717) is 31.5 Å². The lowest BCUT2D eigenvalue weighted by Gasteiger charge is -2.26. The highest BCUT2D eigenvalue weighted by Gasteiger charge is 2.36. The summed E-state index contributed by atoms with van der Waals surface area (Å²) < 4.78 is 6.07. The molecule has 1 aliphatic rings. The SMILES string of the molecule is Cc1ccc(NC(=O)COc2ccc(/C=C3\C(=O)NC(=O)N(c4cccc(Cl)c4)C3=O)cc2Br)cc1Cl. The lowest BCUT2D eigenvalue weighted by Crippen LogP contribution is -2.54. The molecular formula is C26H18BrCl2N3O5. The molecule has 1 aliphatic heterocycles. The number of rotatable bonds is 6. The number of hydrogen-bond acceptors (Lipinski definition) is 5. The molecule has 8 nitrogen and oxygen atoms in total. The van der Waals surface area contributed by atoms with E-state index >= 15 is 0 Å². The van der Waals surface area contributed by atoms with Crippen LogP contribution in [0.2, 0.25) is 10.0 Å². The number of hydrogen-bond donors (Lipinski definition) is 2. The molecule has 1 fully saturated rings. The van der Waals surface area contributed by atoms with Crippen molar-refractivity contribution >= 4 is 80.3 Å². The highest BCUT2D eigenvalue weighted by Crippen LogP contribution is 2.29. The summed E-state index contributed by atoms with van der Waals surface area (Å²) in [4.78, 5) is 50.9. The zero-order valence-electron chi connectivity index (χ0n) is 19.2. The molecule has 11 heteroatoms. The van der Waals surface area contributed by atoms with Gasteiger partial charge in [-0.05, 0) is 82.5 Å². The smallest absolute Gasteiger partial charge is 0.335 e. The third-order valence-electron chi connectivity index (χ3n) is 5.25. The number of barbiturate groups is 1. The van der Waals surface area contributed by atoms with E-state index in [1.165, 1.54) is 18.2 Å². The van der Waals surface area contributed by atoms with Crippen LogP contribution < -0.4 is 20.3 Å². The molecule has 0 aromatic heterocycles. The molecule has 0 saturated carbocycles. The van der Waals surface area contributed by atoms with Crippen LogP contribution in [0.1, 0.15) is 11.1 Å². The van der Waals surface area contributed by atoms with Gasteiger partial charge in [0.15, 0.2) is 6.61 Å². The first kappa shape index (κ1) is 26.4. The summed E-state index contributed by atoms with van der Waals surface area (Å²) in [5.74, 6) is -1.62. The molecule has 5 amide bonds. The van der Waals surface area contributed by atoms with E-state index in [4.69, 9.17) is 27.9 Å². The van der Waals surface area contributed by atoms with E-state index < -0.39 is 17.8 Å². The monoisotopic (exact) mass is 601 g/mol. The second-order valence-electron chi connectivity index (χ2n) is 7.93. The number of anilines is 2. The summed E-state index contributed by atoms with van der Waals surface area (Å²) in [6.07, 6.45) is 1.35. The number of nitrogens with zero attached hydrogens (tertiary/aromatic N) is 1. The Kier molecular flexibility index (Phi) is 7.97. The van der Waals surface area contributed by atoms with Crippen molar-refractivity contribution in [2.24, 2.45) is 0 Å².